The van der Waals surface area contributed by atoms with E-state index in [4.69, 9.17) is 19.3 Å². The Morgan fingerprint density at radius 1 is 1.14 bits per heavy atom. The monoisotopic (exact) mass is 289 g/mol. The van der Waals surface area contributed by atoms with Crippen LogP contribution in [0.15, 0.2) is 36.7 Å². The van der Waals surface area contributed by atoms with Crippen molar-refractivity contribution in [3.05, 3.63) is 47.8 Å². The van der Waals surface area contributed by atoms with Gasteiger partial charge in [-0.25, -0.2) is 4.79 Å². The number of ether oxygens (including phenoxy) is 3. The normalized spacial score (nSPS) is 10.0. The first-order valence-corrected chi connectivity index (χ1v) is 6.16. The minimum atomic E-state index is -1.06. The SMILES string of the molecule is COc1ccc(COc2cnccc2C(=O)O)cc1OC. The van der Waals surface area contributed by atoms with Crippen LogP contribution < -0.4 is 14.2 Å². The highest BCUT2D eigenvalue weighted by molar-refractivity contribution is 5.90. The summed E-state index contributed by atoms with van der Waals surface area (Å²) >= 11 is 0. The average molecular weight is 289 g/mol. The van der Waals surface area contributed by atoms with E-state index in [-0.39, 0.29) is 17.9 Å². The molecule has 0 aliphatic carbocycles. The third-order valence-electron chi connectivity index (χ3n) is 2.86. The van der Waals surface area contributed by atoms with E-state index < -0.39 is 5.97 Å². The molecule has 1 aromatic carbocycles. The summed E-state index contributed by atoms with van der Waals surface area (Å²) in [5.74, 6) is 0.372. The van der Waals surface area contributed by atoms with Gasteiger partial charge in [0.05, 0.1) is 20.4 Å². The number of carboxylic acids is 1. The topological polar surface area (TPSA) is 77.9 Å². The first-order chi connectivity index (χ1) is 10.2. The lowest BCUT2D eigenvalue weighted by Crippen LogP contribution is -2.04. The number of hydrogen-bond donors (Lipinski definition) is 1. The highest BCUT2D eigenvalue weighted by Gasteiger charge is 2.11. The molecule has 0 aliphatic heterocycles. The fourth-order valence-electron chi connectivity index (χ4n) is 1.80. The minimum Gasteiger partial charge on any atom is -0.493 e. The van der Waals surface area contributed by atoms with Crippen molar-refractivity contribution in [3.63, 3.8) is 0 Å². The second kappa shape index (κ2) is 6.60. The fraction of sp³-hybridized carbons (Fsp3) is 0.200. The van der Waals surface area contributed by atoms with Crippen molar-refractivity contribution in [3.8, 4) is 17.2 Å². The molecule has 2 rings (SSSR count). The predicted molar refractivity (Wildman–Crippen MR) is 75.1 cm³/mol. The van der Waals surface area contributed by atoms with Gasteiger partial charge in [-0.05, 0) is 23.8 Å². The molecule has 21 heavy (non-hydrogen) atoms. The number of carboxylic acid groups (broad SMARTS) is 1. The van der Waals surface area contributed by atoms with Crippen LogP contribution in [-0.4, -0.2) is 30.3 Å². The summed E-state index contributed by atoms with van der Waals surface area (Å²) in [4.78, 5) is 14.9. The third-order valence-corrected chi connectivity index (χ3v) is 2.86. The number of rotatable bonds is 6. The predicted octanol–water partition coefficient (Wildman–Crippen LogP) is 2.38. The Labute approximate surface area is 121 Å². The van der Waals surface area contributed by atoms with Gasteiger partial charge in [-0.3, -0.25) is 4.98 Å². The summed E-state index contributed by atoms with van der Waals surface area (Å²) in [5, 5.41) is 9.07. The molecule has 6 nitrogen and oxygen atoms in total. The molecule has 0 radical (unpaired) electrons. The molecule has 0 spiro atoms. The van der Waals surface area contributed by atoms with E-state index in [9.17, 15) is 4.79 Å². The van der Waals surface area contributed by atoms with E-state index in [1.165, 1.54) is 18.5 Å². The Morgan fingerprint density at radius 2 is 1.90 bits per heavy atom. The molecule has 6 heteroatoms. The zero-order valence-corrected chi connectivity index (χ0v) is 11.7. The zero-order valence-electron chi connectivity index (χ0n) is 11.7. The van der Waals surface area contributed by atoms with Crippen molar-refractivity contribution in [1.29, 1.82) is 0 Å². The van der Waals surface area contributed by atoms with E-state index in [0.29, 0.717) is 11.5 Å². The van der Waals surface area contributed by atoms with E-state index in [1.54, 1.807) is 26.4 Å². The Kier molecular flexibility index (Phi) is 4.61. The molecule has 1 aromatic heterocycles. The van der Waals surface area contributed by atoms with E-state index in [2.05, 4.69) is 4.98 Å². The van der Waals surface area contributed by atoms with Crippen LogP contribution in [0, 0.1) is 0 Å². The number of benzene rings is 1. The highest BCUT2D eigenvalue weighted by atomic mass is 16.5. The summed E-state index contributed by atoms with van der Waals surface area (Å²) in [6.07, 6.45) is 2.79. The van der Waals surface area contributed by atoms with Crippen molar-refractivity contribution in [2.75, 3.05) is 14.2 Å². The molecule has 0 unspecified atom stereocenters. The summed E-state index contributed by atoms with van der Waals surface area (Å²) in [5.41, 5.74) is 0.901. The van der Waals surface area contributed by atoms with Crippen molar-refractivity contribution in [1.82, 2.24) is 4.98 Å². The zero-order chi connectivity index (χ0) is 15.2. The van der Waals surface area contributed by atoms with Gasteiger partial charge in [-0.15, -0.1) is 0 Å². The first-order valence-electron chi connectivity index (χ1n) is 6.16. The number of nitrogens with zero attached hydrogens (tertiary/aromatic N) is 1. The van der Waals surface area contributed by atoms with Gasteiger partial charge in [-0.1, -0.05) is 6.07 Å². The van der Waals surface area contributed by atoms with Gasteiger partial charge >= 0.3 is 5.97 Å². The van der Waals surface area contributed by atoms with E-state index in [1.807, 2.05) is 6.07 Å². The summed E-state index contributed by atoms with van der Waals surface area (Å²) in [6, 6.07) is 6.75. The molecule has 0 amide bonds. The van der Waals surface area contributed by atoms with Crippen LogP contribution in [0.1, 0.15) is 15.9 Å². The lowest BCUT2D eigenvalue weighted by Gasteiger charge is -2.11. The van der Waals surface area contributed by atoms with Gasteiger partial charge in [0.15, 0.2) is 17.2 Å². The third kappa shape index (κ3) is 3.42. The Bertz CT molecular complexity index is 642. The Balaban J connectivity index is 2.15. The van der Waals surface area contributed by atoms with Crippen molar-refractivity contribution < 1.29 is 24.1 Å². The van der Waals surface area contributed by atoms with Crippen LogP contribution in [0.5, 0.6) is 17.2 Å². The molecule has 0 fully saturated rings. The van der Waals surface area contributed by atoms with Crippen molar-refractivity contribution in [2.24, 2.45) is 0 Å². The summed E-state index contributed by atoms with van der Waals surface area (Å²) in [6.45, 7) is 0.201. The first kappa shape index (κ1) is 14.6. The van der Waals surface area contributed by atoms with Gasteiger partial charge in [0, 0.05) is 6.20 Å². The largest absolute Gasteiger partial charge is 0.493 e. The molecule has 0 bridgehead atoms. The maximum atomic E-state index is 11.1. The van der Waals surface area contributed by atoms with Crippen molar-refractivity contribution in [2.45, 2.75) is 6.61 Å². The molecule has 110 valence electrons. The molecule has 2 aromatic rings. The van der Waals surface area contributed by atoms with E-state index >= 15 is 0 Å². The van der Waals surface area contributed by atoms with Crippen LogP contribution >= 0.6 is 0 Å². The molecule has 0 aliphatic rings. The maximum absolute atomic E-state index is 11.1. The number of pyridine rings is 1. The van der Waals surface area contributed by atoms with Gasteiger partial charge in [-0.2, -0.15) is 0 Å². The van der Waals surface area contributed by atoms with Gasteiger partial charge < -0.3 is 19.3 Å². The second-order valence-electron chi connectivity index (χ2n) is 4.15. The van der Waals surface area contributed by atoms with Crippen LogP contribution in [0.3, 0.4) is 0 Å². The summed E-state index contributed by atoms with van der Waals surface area (Å²) < 4.78 is 15.9. The van der Waals surface area contributed by atoms with Crippen LogP contribution in [-0.2, 0) is 6.61 Å². The van der Waals surface area contributed by atoms with Crippen LogP contribution in [0.2, 0.25) is 0 Å². The van der Waals surface area contributed by atoms with Gasteiger partial charge in [0.2, 0.25) is 0 Å². The van der Waals surface area contributed by atoms with Gasteiger partial charge in [0.25, 0.3) is 0 Å². The maximum Gasteiger partial charge on any atom is 0.339 e. The minimum absolute atomic E-state index is 0.0745. The smallest absolute Gasteiger partial charge is 0.339 e. The fourth-order valence-corrected chi connectivity index (χ4v) is 1.80. The molecular weight excluding hydrogens is 274 g/mol. The molecule has 0 saturated heterocycles. The highest BCUT2D eigenvalue weighted by Crippen LogP contribution is 2.28. The lowest BCUT2D eigenvalue weighted by molar-refractivity contribution is 0.0691. The second-order valence-corrected chi connectivity index (χ2v) is 4.15. The van der Waals surface area contributed by atoms with Gasteiger partial charge in [0.1, 0.15) is 12.2 Å². The quantitative estimate of drug-likeness (QED) is 0.879. The number of aromatic carboxylic acids is 1. The Morgan fingerprint density at radius 3 is 2.57 bits per heavy atom. The number of hydrogen-bond acceptors (Lipinski definition) is 5. The van der Waals surface area contributed by atoms with Crippen molar-refractivity contribution >= 4 is 5.97 Å². The average Bonchev–Trinajstić information content (AvgIpc) is 2.52. The Hall–Kier alpha value is -2.76. The number of carbonyl (C=O) groups is 1. The molecular formula is C15H15NO5. The van der Waals surface area contributed by atoms with E-state index in [0.717, 1.165) is 5.56 Å². The van der Waals surface area contributed by atoms with Crippen LogP contribution in [0.4, 0.5) is 0 Å². The van der Waals surface area contributed by atoms with Crippen LogP contribution in [0.25, 0.3) is 0 Å². The number of aromatic nitrogens is 1. The standard InChI is InChI=1S/C15H15NO5/c1-19-12-4-3-10(7-13(12)20-2)9-21-14-8-16-6-5-11(14)15(17)18/h3-8H,9H2,1-2H3,(H,17,18). The lowest BCUT2D eigenvalue weighted by atomic mass is 10.2. The molecule has 1 N–H and O–H groups in total. The number of methoxy groups -OCH3 is 2. The molecule has 0 atom stereocenters. The summed E-state index contributed by atoms with van der Waals surface area (Å²) in [7, 11) is 3.11. The molecule has 1 heterocycles. The molecule has 0 saturated carbocycles.